The summed E-state index contributed by atoms with van der Waals surface area (Å²) >= 11 is 0. The molecule has 1 heterocycles. The molecule has 106 valence electrons. The predicted octanol–water partition coefficient (Wildman–Crippen LogP) is 0.669. The Morgan fingerprint density at radius 1 is 1.45 bits per heavy atom. The molecule has 7 nitrogen and oxygen atoms in total. The first-order chi connectivity index (χ1) is 9.74. The van der Waals surface area contributed by atoms with Crippen LogP contribution in [0.25, 0.3) is 0 Å². The van der Waals surface area contributed by atoms with E-state index in [1.165, 1.54) is 7.11 Å². The lowest BCUT2D eigenvalue weighted by atomic mass is 10.2. The van der Waals surface area contributed by atoms with E-state index in [9.17, 15) is 4.79 Å². The zero-order valence-electron chi connectivity index (χ0n) is 11.1. The lowest BCUT2D eigenvalue weighted by molar-refractivity contribution is 0.0602. The van der Waals surface area contributed by atoms with Crippen molar-refractivity contribution in [3.05, 3.63) is 41.7 Å². The van der Waals surface area contributed by atoms with Gasteiger partial charge in [0.1, 0.15) is 5.69 Å². The van der Waals surface area contributed by atoms with Gasteiger partial charge in [-0.2, -0.15) is 0 Å². The second-order valence-electron chi connectivity index (χ2n) is 4.09. The van der Waals surface area contributed by atoms with Crippen molar-refractivity contribution in [2.75, 3.05) is 19.0 Å². The van der Waals surface area contributed by atoms with Gasteiger partial charge in [0.2, 0.25) is 0 Å². The number of aliphatic hydroxyl groups excluding tert-OH is 1. The highest BCUT2D eigenvalue weighted by Gasteiger charge is 2.11. The van der Waals surface area contributed by atoms with E-state index in [4.69, 9.17) is 9.84 Å². The number of rotatable bonds is 6. The number of para-hydroxylation sites is 1. The zero-order valence-corrected chi connectivity index (χ0v) is 11.1. The third-order valence-electron chi connectivity index (χ3n) is 2.71. The number of anilines is 1. The maximum atomic E-state index is 11.6. The number of benzene rings is 1. The summed E-state index contributed by atoms with van der Waals surface area (Å²) in [5.41, 5.74) is 1.87. The van der Waals surface area contributed by atoms with E-state index in [1.807, 2.05) is 6.07 Å². The van der Waals surface area contributed by atoms with Crippen molar-refractivity contribution in [1.82, 2.24) is 15.0 Å². The van der Waals surface area contributed by atoms with Gasteiger partial charge in [-0.25, -0.2) is 9.48 Å². The second kappa shape index (κ2) is 6.67. The molecule has 2 rings (SSSR count). The highest BCUT2D eigenvalue weighted by atomic mass is 16.5. The summed E-state index contributed by atoms with van der Waals surface area (Å²) in [5, 5.41) is 19.8. The van der Waals surface area contributed by atoms with E-state index in [0.717, 1.165) is 5.69 Å². The number of ether oxygens (including phenoxy) is 1. The molecule has 0 radical (unpaired) electrons. The van der Waals surface area contributed by atoms with Crippen molar-refractivity contribution in [3.63, 3.8) is 0 Å². The minimum absolute atomic E-state index is 0.0153. The molecule has 1 aromatic carbocycles. The number of aliphatic hydroxyl groups is 1. The van der Waals surface area contributed by atoms with Crippen molar-refractivity contribution < 1.29 is 14.6 Å². The molecule has 0 saturated carbocycles. The van der Waals surface area contributed by atoms with Crippen LogP contribution in [0.2, 0.25) is 0 Å². The molecule has 0 aliphatic heterocycles. The van der Waals surface area contributed by atoms with Crippen LogP contribution in [0, 0.1) is 0 Å². The Bertz CT molecular complexity index is 583. The van der Waals surface area contributed by atoms with Crippen LogP contribution in [0.1, 0.15) is 16.1 Å². The number of nitrogens with one attached hydrogen (secondary N) is 1. The van der Waals surface area contributed by atoms with Gasteiger partial charge in [0, 0.05) is 5.69 Å². The van der Waals surface area contributed by atoms with E-state index in [1.54, 1.807) is 29.1 Å². The van der Waals surface area contributed by atoms with Crippen LogP contribution in [-0.2, 0) is 17.8 Å². The third kappa shape index (κ3) is 3.33. The van der Waals surface area contributed by atoms with Gasteiger partial charge < -0.3 is 15.2 Å². The van der Waals surface area contributed by atoms with Gasteiger partial charge in [0.25, 0.3) is 0 Å². The summed E-state index contributed by atoms with van der Waals surface area (Å²) in [7, 11) is 1.35. The Morgan fingerprint density at radius 2 is 2.25 bits per heavy atom. The molecule has 0 saturated heterocycles. The fraction of sp³-hybridized carbons (Fsp3) is 0.308. The van der Waals surface area contributed by atoms with Crippen LogP contribution in [0.3, 0.4) is 0 Å². The number of hydrogen-bond donors (Lipinski definition) is 2. The molecule has 0 aliphatic rings. The van der Waals surface area contributed by atoms with Gasteiger partial charge in [-0.3, -0.25) is 0 Å². The highest BCUT2D eigenvalue weighted by Crippen LogP contribution is 2.16. The summed E-state index contributed by atoms with van der Waals surface area (Å²) in [6.45, 7) is 0.854. The third-order valence-corrected chi connectivity index (χ3v) is 2.71. The Labute approximate surface area is 116 Å². The van der Waals surface area contributed by atoms with Gasteiger partial charge in [-0.15, -0.1) is 5.10 Å². The Hall–Kier alpha value is -2.41. The molecule has 2 N–H and O–H groups in total. The van der Waals surface area contributed by atoms with E-state index < -0.39 is 5.97 Å². The maximum absolute atomic E-state index is 11.6. The Balaban J connectivity index is 2.04. The van der Waals surface area contributed by atoms with Crippen LogP contribution in [0.15, 0.2) is 30.5 Å². The first-order valence-electron chi connectivity index (χ1n) is 6.15. The molecule has 0 amide bonds. The predicted molar refractivity (Wildman–Crippen MR) is 72.2 cm³/mol. The fourth-order valence-electron chi connectivity index (χ4n) is 1.74. The molecule has 20 heavy (non-hydrogen) atoms. The smallest absolute Gasteiger partial charge is 0.339 e. The lowest BCUT2D eigenvalue weighted by Crippen LogP contribution is -2.08. The van der Waals surface area contributed by atoms with E-state index in [-0.39, 0.29) is 6.61 Å². The van der Waals surface area contributed by atoms with Crippen LogP contribution in [0.5, 0.6) is 0 Å². The number of carbonyl (C=O) groups is 1. The number of hydrogen-bond acceptors (Lipinski definition) is 6. The molecule has 0 atom stereocenters. The molecule has 0 fully saturated rings. The fourth-order valence-corrected chi connectivity index (χ4v) is 1.74. The van der Waals surface area contributed by atoms with Crippen molar-refractivity contribution in [2.45, 2.75) is 13.1 Å². The molecule has 0 unspecified atom stereocenters. The largest absolute Gasteiger partial charge is 0.465 e. The molecule has 2 aromatic rings. The summed E-state index contributed by atoms with van der Waals surface area (Å²) in [6.07, 6.45) is 1.74. The highest BCUT2D eigenvalue weighted by molar-refractivity contribution is 5.95. The quantitative estimate of drug-likeness (QED) is 0.754. The molecule has 0 aliphatic carbocycles. The standard InChI is InChI=1S/C13H16N4O3/c1-20-13(19)11-4-2-3-5-12(11)14-8-10-9-17(6-7-18)16-15-10/h2-5,9,14,18H,6-8H2,1H3. The molecule has 0 bridgehead atoms. The molecule has 1 aromatic heterocycles. The summed E-state index contributed by atoms with van der Waals surface area (Å²) in [5.74, 6) is -0.392. The van der Waals surface area contributed by atoms with Gasteiger partial charge in [0.05, 0.1) is 38.6 Å². The number of aromatic nitrogens is 3. The molecule has 7 heteroatoms. The first kappa shape index (κ1) is 14.0. The number of esters is 1. The summed E-state index contributed by atoms with van der Waals surface area (Å²) in [6, 6.07) is 7.09. The molecular formula is C13H16N4O3. The first-order valence-corrected chi connectivity index (χ1v) is 6.15. The van der Waals surface area contributed by atoms with Crippen molar-refractivity contribution >= 4 is 11.7 Å². The zero-order chi connectivity index (χ0) is 14.4. The number of methoxy groups -OCH3 is 1. The van der Waals surface area contributed by atoms with E-state index in [2.05, 4.69) is 15.6 Å². The average molecular weight is 276 g/mol. The van der Waals surface area contributed by atoms with Gasteiger partial charge in [-0.1, -0.05) is 17.3 Å². The van der Waals surface area contributed by atoms with Gasteiger partial charge in [-0.05, 0) is 12.1 Å². The van der Waals surface area contributed by atoms with Crippen LogP contribution >= 0.6 is 0 Å². The van der Waals surface area contributed by atoms with Crippen LogP contribution < -0.4 is 5.32 Å². The van der Waals surface area contributed by atoms with Crippen LogP contribution in [-0.4, -0.2) is 39.8 Å². The molecule has 0 spiro atoms. The normalized spacial score (nSPS) is 10.3. The number of nitrogens with zero attached hydrogens (tertiary/aromatic N) is 3. The van der Waals surface area contributed by atoms with E-state index >= 15 is 0 Å². The summed E-state index contributed by atoms with van der Waals surface area (Å²) < 4.78 is 6.28. The van der Waals surface area contributed by atoms with Gasteiger partial charge >= 0.3 is 5.97 Å². The summed E-state index contributed by atoms with van der Waals surface area (Å²) in [4.78, 5) is 11.6. The van der Waals surface area contributed by atoms with Gasteiger partial charge in [0.15, 0.2) is 0 Å². The monoisotopic (exact) mass is 276 g/mol. The second-order valence-corrected chi connectivity index (χ2v) is 4.09. The van der Waals surface area contributed by atoms with Crippen molar-refractivity contribution in [2.24, 2.45) is 0 Å². The molecular weight excluding hydrogens is 260 g/mol. The average Bonchev–Trinajstić information content (AvgIpc) is 2.93. The van der Waals surface area contributed by atoms with Crippen molar-refractivity contribution in [1.29, 1.82) is 0 Å². The minimum Gasteiger partial charge on any atom is -0.465 e. The van der Waals surface area contributed by atoms with Crippen LogP contribution in [0.4, 0.5) is 5.69 Å². The lowest BCUT2D eigenvalue weighted by Gasteiger charge is -2.08. The number of carbonyl (C=O) groups excluding carboxylic acids is 1. The van der Waals surface area contributed by atoms with E-state index in [0.29, 0.717) is 24.3 Å². The topological polar surface area (TPSA) is 89.3 Å². The minimum atomic E-state index is -0.392. The van der Waals surface area contributed by atoms with Crippen molar-refractivity contribution in [3.8, 4) is 0 Å². The Kier molecular flexibility index (Phi) is 4.67. The maximum Gasteiger partial charge on any atom is 0.339 e. The Morgan fingerprint density at radius 3 is 3.00 bits per heavy atom. The SMILES string of the molecule is COC(=O)c1ccccc1NCc1cn(CCO)nn1.